The van der Waals surface area contributed by atoms with Crippen molar-refractivity contribution in [3.05, 3.63) is 29.3 Å². The maximum atomic E-state index is 14.4. The van der Waals surface area contributed by atoms with E-state index in [0.29, 0.717) is 18.8 Å². The molecule has 1 atom stereocenters. The van der Waals surface area contributed by atoms with Crippen LogP contribution in [-0.2, 0) is 9.59 Å². The first kappa shape index (κ1) is 15.8. The van der Waals surface area contributed by atoms with Gasteiger partial charge in [-0.25, -0.2) is 8.78 Å². The number of hydrogen-bond acceptors (Lipinski definition) is 4. The van der Waals surface area contributed by atoms with E-state index in [1.807, 2.05) is 4.90 Å². The van der Waals surface area contributed by atoms with Crippen molar-refractivity contribution in [2.45, 2.75) is 24.8 Å². The van der Waals surface area contributed by atoms with E-state index in [1.54, 1.807) is 0 Å². The van der Waals surface area contributed by atoms with Crippen molar-refractivity contribution in [2.75, 3.05) is 18.0 Å². The van der Waals surface area contributed by atoms with Gasteiger partial charge in [0.25, 0.3) is 0 Å². The summed E-state index contributed by atoms with van der Waals surface area (Å²) in [6, 6.07) is 2.64. The third-order valence-electron chi connectivity index (χ3n) is 4.20. The van der Waals surface area contributed by atoms with E-state index in [4.69, 9.17) is 12.2 Å². The second-order valence-corrected chi connectivity index (χ2v) is 5.95. The first-order chi connectivity index (χ1) is 11.0. The molecule has 3 rings (SSSR count). The third-order valence-corrected chi connectivity index (χ3v) is 4.34. The number of benzene rings is 1. The van der Waals surface area contributed by atoms with Crippen molar-refractivity contribution in [2.24, 2.45) is 0 Å². The van der Waals surface area contributed by atoms with E-state index in [2.05, 4.69) is 10.6 Å². The molecule has 0 saturated carbocycles. The summed E-state index contributed by atoms with van der Waals surface area (Å²) in [5, 5.41) is 5.08. The van der Waals surface area contributed by atoms with Gasteiger partial charge in [-0.15, -0.1) is 0 Å². The fourth-order valence-electron chi connectivity index (χ4n) is 2.95. The number of nitrogens with zero attached hydrogens (tertiary/aromatic N) is 1. The molecule has 0 aliphatic carbocycles. The minimum atomic E-state index is -0.970. The average molecular weight is 339 g/mol. The molecule has 2 aliphatic heterocycles. The number of piperidine rings is 1. The molecule has 2 aliphatic rings. The molecule has 0 radical (unpaired) electrons. The van der Waals surface area contributed by atoms with Gasteiger partial charge in [-0.2, -0.15) is 0 Å². The van der Waals surface area contributed by atoms with Crippen LogP contribution in [0.2, 0.25) is 0 Å². The zero-order valence-corrected chi connectivity index (χ0v) is 13.0. The van der Waals surface area contributed by atoms with Crippen molar-refractivity contribution in [1.29, 1.82) is 0 Å². The number of nitrogens with one attached hydrogen (secondary N) is 2. The molecule has 0 aromatic heterocycles. The minimum absolute atomic E-state index is 0.0775. The van der Waals surface area contributed by atoms with Crippen molar-refractivity contribution < 1.29 is 18.4 Å². The predicted molar refractivity (Wildman–Crippen MR) is 84.3 cm³/mol. The van der Waals surface area contributed by atoms with Gasteiger partial charge < -0.3 is 10.2 Å². The number of carbonyl (C=O) groups excluding carboxylic acids is 2. The highest BCUT2D eigenvalue weighted by atomic mass is 32.1. The Balaban J connectivity index is 1.80. The lowest BCUT2D eigenvalue weighted by molar-refractivity contribution is -0.134. The molecule has 2 saturated heterocycles. The van der Waals surface area contributed by atoms with Crippen LogP contribution in [0.3, 0.4) is 0 Å². The molecule has 1 aromatic carbocycles. The maximum Gasteiger partial charge on any atom is 0.234 e. The Hall–Kier alpha value is -2.09. The summed E-state index contributed by atoms with van der Waals surface area (Å²) in [7, 11) is 0. The summed E-state index contributed by atoms with van der Waals surface area (Å²) >= 11 is 4.70. The molecular formula is C15H15F2N3O2S. The zero-order valence-electron chi connectivity index (χ0n) is 12.1. The first-order valence-corrected chi connectivity index (χ1v) is 7.74. The van der Waals surface area contributed by atoms with Crippen molar-refractivity contribution in [3.63, 3.8) is 0 Å². The summed E-state index contributed by atoms with van der Waals surface area (Å²) < 4.78 is 28.7. The first-order valence-electron chi connectivity index (χ1n) is 7.27. The summed E-state index contributed by atoms with van der Waals surface area (Å²) in [4.78, 5) is 24.8. The van der Waals surface area contributed by atoms with Crippen LogP contribution in [0, 0.1) is 11.6 Å². The number of rotatable bonds is 4. The molecule has 23 heavy (non-hydrogen) atoms. The summed E-state index contributed by atoms with van der Waals surface area (Å²) in [5.74, 6) is -3.56. The molecule has 2 N–H and O–H groups in total. The van der Waals surface area contributed by atoms with Crippen LogP contribution in [0.4, 0.5) is 14.5 Å². The molecule has 2 amide bonds. The lowest BCUT2D eigenvalue weighted by atomic mass is 9.89. The maximum absolute atomic E-state index is 14.4. The Morgan fingerprint density at radius 1 is 1.26 bits per heavy atom. The predicted octanol–water partition coefficient (Wildman–Crippen LogP) is 1.22. The minimum Gasteiger partial charge on any atom is -0.376 e. The fourth-order valence-corrected chi connectivity index (χ4v) is 3.14. The van der Waals surface area contributed by atoms with Gasteiger partial charge in [-0.3, -0.25) is 14.9 Å². The summed E-state index contributed by atoms with van der Waals surface area (Å²) in [5.41, 5.74) is 1.58. The van der Waals surface area contributed by atoms with Crippen LogP contribution in [0.25, 0.3) is 0 Å². The van der Waals surface area contributed by atoms with Crippen LogP contribution >= 0.6 is 12.2 Å². The smallest absolute Gasteiger partial charge is 0.234 e. The molecule has 1 unspecified atom stereocenters. The Bertz CT molecular complexity index is 654. The van der Waals surface area contributed by atoms with Crippen LogP contribution in [0.5, 0.6) is 0 Å². The highest BCUT2D eigenvalue weighted by Gasteiger charge is 2.34. The van der Waals surface area contributed by atoms with Crippen molar-refractivity contribution in [3.8, 4) is 0 Å². The third kappa shape index (κ3) is 3.03. The second-order valence-electron chi connectivity index (χ2n) is 5.71. The highest BCUT2D eigenvalue weighted by Crippen LogP contribution is 2.33. The molecule has 122 valence electrons. The normalized spacial score (nSPS) is 21.7. The average Bonchev–Trinajstić information content (AvgIpc) is 2.43. The van der Waals surface area contributed by atoms with Crippen LogP contribution in [0.1, 0.15) is 24.3 Å². The highest BCUT2D eigenvalue weighted by molar-refractivity contribution is 7.78. The lowest BCUT2D eigenvalue weighted by Crippen LogP contribution is -2.57. The number of anilines is 1. The van der Waals surface area contributed by atoms with E-state index in [-0.39, 0.29) is 24.4 Å². The second kappa shape index (κ2) is 6.19. The molecule has 0 bridgehead atoms. The topological polar surface area (TPSA) is 61.4 Å². The molecule has 8 heteroatoms. The molecule has 2 heterocycles. The number of halogens is 2. The molecule has 2 fully saturated rings. The van der Waals surface area contributed by atoms with E-state index in [1.165, 1.54) is 17.6 Å². The Kier molecular flexibility index (Phi) is 4.25. The zero-order chi connectivity index (χ0) is 16.6. The van der Waals surface area contributed by atoms with E-state index < -0.39 is 29.4 Å². The van der Waals surface area contributed by atoms with Crippen molar-refractivity contribution in [1.82, 2.24) is 10.6 Å². The van der Waals surface area contributed by atoms with Gasteiger partial charge in [0.2, 0.25) is 11.8 Å². The standard InChI is InChI=1S/C15H15F2N3O2S/c16-11-3-9(20-5-8(6-20)18-7-23)4-12(17)14(11)10-1-2-13(21)19-15(10)22/h3-4,7-8,10H,1-2,5-6H2,(H,18,23)(H,19,21,22). The monoisotopic (exact) mass is 339 g/mol. The molecule has 5 nitrogen and oxygen atoms in total. The number of amides is 2. The van der Waals surface area contributed by atoms with E-state index in [0.717, 1.165) is 0 Å². The van der Waals surface area contributed by atoms with Crippen molar-refractivity contribution >= 4 is 35.2 Å². The van der Waals surface area contributed by atoms with Crippen LogP contribution < -0.4 is 15.5 Å². The van der Waals surface area contributed by atoms with Gasteiger partial charge in [0, 0.05) is 30.8 Å². The Labute approximate surface area is 137 Å². The van der Waals surface area contributed by atoms with Gasteiger partial charge in [-0.1, -0.05) is 12.2 Å². The summed E-state index contributed by atoms with van der Waals surface area (Å²) in [6.07, 6.45) is 0.191. The largest absolute Gasteiger partial charge is 0.376 e. The molecule has 1 aromatic rings. The Morgan fingerprint density at radius 3 is 2.48 bits per heavy atom. The van der Waals surface area contributed by atoms with E-state index >= 15 is 0 Å². The molecule has 0 spiro atoms. The van der Waals surface area contributed by atoms with Gasteiger partial charge >= 0.3 is 0 Å². The quantitative estimate of drug-likeness (QED) is 0.638. The van der Waals surface area contributed by atoms with Crippen LogP contribution in [-0.4, -0.2) is 36.4 Å². The van der Waals surface area contributed by atoms with Gasteiger partial charge in [-0.05, 0) is 18.6 Å². The Morgan fingerprint density at radius 2 is 1.91 bits per heavy atom. The fraction of sp³-hybridized carbons (Fsp3) is 0.400. The van der Waals surface area contributed by atoms with Gasteiger partial charge in [0.15, 0.2) is 0 Å². The summed E-state index contributed by atoms with van der Waals surface area (Å²) in [6.45, 7) is 1.20. The van der Waals surface area contributed by atoms with Crippen LogP contribution in [0.15, 0.2) is 12.1 Å². The number of thiocarbonyl (C=S) groups is 1. The SMILES string of the molecule is O=C1CCC(c2c(F)cc(N3CC(NC=S)C3)cc2F)C(=O)N1. The number of imide groups is 1. The van der Waals surface area contributed by atoms with Gasteiger partial charge in [0.1, 0.15) is 11.6 Å². The number of carbonyl (C=O) groups is 2. The van der Waals surface area contributed by atoms with E-state index in [9.17, 15) is 18.4 Å². The number of hydrogen-bond donors (Lipinski definition) is 2. The molecular weight excluding hydrogens is 324 g/mol. The lowest BCUT2D eigenvalue weighted by Gasteiger charge is -2.41. The van der Waals surface area contributed by atoms with Gasteiger partial charge in [0.05, 0.1) is 17.5 Å².